The largest absolute Gasteiger partial charge is 0.456 e. The lowest BCUT2D eigenvalue weighted by atomic mass is 9.82. The van der Waals surface area contributed by atoms with E-state index in [1.165, 1.54) is 44.2 Å². The highest BCUT2D eigenvalue weighted by atomic mass is 16.3. The molecule has 58 heavy (non-hydrogen) atoms. The number of para-hydroxylation sites is 2. The van der Waals surface area contributed by atoms with Gasteiger partial charge in [0.1, 0.15) is 16.7 Å². The maximum atomic E-state index is 7.33. The van der Waals surface area contributed by atoms with Crippen LogP contribution in [-0.4, -0.2) is 0 Å². The van der Waals surface area contributed by atoms with E-state index in [-0.39, 0.29) is 5.41 Å². The lowest BCUT2D eigenvalue weighted by molar-refractivity contribution is 0.660. The highest BCUT2D eigenvalue weighted by Gasteiger charge is 2.36. The lowest BCUT2D eigenvalue weighted by Gasteiger charge is -2.28. The van der Waals surface area contributed by atoms with Crippen molar-refractivity contribution in [3.8, 4) is 33.4 Å². The molecule has 0 saturated carbocycles. The number of anilines is 3. The molecular formula is C55H37NO2. The van der Waals surface area contributed by atoms with Crippen LogP contribution in [0.25, 0.3) is 88.0 Å². The molecule has 0 spiro atoms. The van der Waals surface area contributed by atoms with Gasteiger partial charge in [0.05, 0.1) is 5.69 Å². The van der Waals surface area contributed by atoms with Crippen LogP contribution < -0.4 is 4.90 Å². The van der Waals surface area contributed by atoms with Crippen molar-refractivity contribution in [2.24, 2.45) is 0 Å². The monoisotopic (exact) mass is 743 g/mol. The Bertz CT molecular complexity index is 3420. The van der Waals surface area contributed by atoms with Gasteiger partial charge >= 0.3 is 0 Å². The lowest BCUT2D eigenvalue weighted by Crippen LogP contribution is -2.16. The molecule has 11 aromatic rings. The number of furan rings is 2. The van der Waals surface area contributed by atoms with Crippen molar-refractivity contribution in [3.05, 3.63) is 199 Å². The summed E-state index contributed by atoms with van der Waals surface area (Å²) >= 11 is 0. The fraction of sp³-hybridized carbons (Fsp3) is 0.0545. The molecule has 1 aliphatic rings. The van der Waals surface area contributed by atoms with Crippen LogP contribution in [0.2, 0.25) is 0 Å². The van der Waals surface area contributed by atoms with E-state index in [9.17, 15) is 0 Å². The molecule has 1 aliphatic carbocycles. The number of hydrogen-bond acceptors (Lipinski definition) is 3. The summed E-state index contributed by atoms with van der Waals surface area (Å²) in [7, 11) is 0. The second kappa shape index (κ2) is 12.3. The van der Waals surface area contributed by atoms with Crippen molar-refractivity contribution >= 4 is 71.7 Å². The van der Waals surface area contributed by atoms with E-state index < -0.39 is 0 Å². The van der Waals surface area contributed by atoms with E-state index in [4.69, 9.17) is 8.83 Å². The van der Waals surface area contributed by atoms with Gasteiger partial charge in [0.15, 0.2) is 5.58 Å². The first-order valence-corrected chi connectivity index (χ1v) is 20.0. The van der Waals surface area contributed by atoms with Gasteiger partial charge in [0.25, 0.3) is 0 Å². The smallest absolute Gasteiger partial charge is 0.159 e. The van der Waals surface area contributed by atoms with E-state index in [0.717, 1.165) is 72.1 Å². The van der Waals surface area contributed by atoms with Crippen LogP contribution in [0.4, 0.5) is 17.1 Å². The third kappa shape index (κ3) is 4.80. The average molecular weight is 744 g/mol. The second-order valence-electron chi connectivity index (χ2n) is 16.1. The molecule has 2 heterocycles. The summed E-state index contributed by atoms with van der Waals surface area (Å²) in [6.45, 7) is 4.68. The molecule has 2 aromatic heterocycles. The summed E-state index contributed by atoms with van der Waals surface area (Å²) in [6, 6.07) is 67.5. The fourth-order valence-corrected chi connectivity index (χ4v) is 9.61. The Morgan fingerprint density at radius 2 is 1.10 bits per heavy atom. The van der Waals surface area contributed by atoms with Crippen LogP contribution in [0.5, 0.6) is 0 Å². The molecule has 0 amide bonds. The molecule has 0 atom stereocenters. The molecule has 9 aromatic carbocycles. The zero-order valence-corrected chi connectivity index (χ0v) is 32.2. The molecule has 0 fully saturated rings. The Hall–Kier alpha value is -7.36. The summed E-state index contributed by atoms with van der Waals surface area (Å²) in [6.07, 6.45) is 0. The van der Waals surface area contributed by atoms with Crippen LogP contribution in [0.1, 0.15) is 25.0 Å². The van der Waals surface area contributed by atoms with Crippen LogP contribution in [0.15, 0.2) is 197 Å². The van der Waals surface area contributed by atoms with Gasteiger partial charge < -0.3 is 13.7 Å². The molecule has 3 heteroatoms. The van der Waals surface area contributed by atoms with Gasteiger partial charge in [-0.2, -0.15) is 0 Å². The third-order valence-electron chi connectivity index (χ3n) is 12.4. The second-order valence-corrected chi connectivity index (χ2v) is 16.1. The molecule has 0 saturated heterocycles. The van der Waals surface area contributed by atoms with Gasteiger partial charge in [-0.1, -0.05) is 153 Å². The minimum Gasteiger partial charge on any atom is -0.456 e. The molecule has 0 aliphatic heterocycles. The van der Waals surface area contributed by atoms with E-state index in [2.05, 4.69) is 201 Å². The van der Waals surface area contributed by atoms with Crippen LogP contribution in [0.3, 0.4) is 0 Å². The molecule has 3 nitrogen and oxygen atoms in total. The van der Waals surface area contributed by atoms with E-state index in [1.54, 1.807) is 0 Å². The quantitative estimate of drug-likeness (QED) is 0.176. The van der Waals surface area contributed by atoms with Crippen LogP contribution >= 0.6 is 0 Å². The standard InChI is InChI=1S/C55H37NO2/c1-55(2)46-20-10-8-17-41(46)42-30-29-40(32-47(42)55)56(39-27-25-36(26-28-39)34-13-4-3-5-14-34)48-21-12-19-43-45-33-50-52(44-18-9-11-22-49(44)57-50)51(54(45)58-53(43)48)38-24-23-35-15-6-7-16-37(35)31-38/h3-33H,1-2H3. The number of benzene rings is 9. The van der Waals surface area contributed by atoms with Gasteiger partial charge in [-0.3, -0.25) is 0 Å². The SMILES string of the molecule is CC1(C)c2ccccc2-c2ccc(N(c3ccc(-c4ccccc4)cc3)c3cccc4c3oc3c(-c5ccc6ccccc6c5)c5c(cc34)oc3ccccc35)cc21. The zero-order valence-electron chi connectivity index (χ0n) is 32.2. The third-order valence-corrected chi connectivity index (χ3v) is 12.4. The van der Waals surface area contributed by atoms with Crippen molar-refractivity contribution in [1.82, 2.24) is 0 Å². The van der Waals surface area contributed by atoms with Gasteiger partial charge in [-0.15, -0.1) is 0 Å². The van der Waals surface area contributed by atoms with Gasteiger partial charge in [-0.25, -0.2) is 0 Å². The first-order chi connectivity index (χ1) is 28.5. The van der Waals surface area contributed by atoms with E-state index in [0.29, 0.717) is 0 Å². The average Bonchev–Trinajstić information content (AvgIpc) is 3.91. The summed E-state index contributed by atoms with van der Waals surface area (Å²) in [5.41, 5.74) is 16.1. The van der Waals surface area contributed by atoms with Gasteiger partial charge in [0.2, 0.25) is 0 Å². The number of rotatable bonds is 5. The molecule has 12 rings (SSSR count). The Morgan fingerprint density at radius 3 is 1.98 bits per heavy atom. The molecule has 0 N–H and O–H groups in total. The Labute approximate surface area is 336 Å². The minimum absolute atomic E-state index is 0.151. The highest BCUT2D eigenvalue weighted by molar-refractivity contribution is 6.24. The van der Waals surface area contributed by atoms with Crippen molar-refractivity contribution in [2.45, 2.75) is 19.3 Å². The van der Waals surface area contributed by atoms with Crippen LogP contribution in [0, 0.1) is 0 Å². The topological polar surface area (TPSA) is 29.5 Å². The predicted molar refractivity (Wildman–Crippen MR) is 242 cm³/mol. The molecule has 274 valence electrons. The molecular weight excluding hydrogens is 707 g/mol. The molecule has 0 bridgehead atoms. The zero-order chi connectivity index (χ0) is 38.5. The van der Waals surface area contributed by atoms with E-state index >= 15 is 0 Å². The summed E-state index contributed by atoms with van der Waals surface area (Å²) in [4.78, 5) is 2.37. The molecule has 0 unspecified atom stereocenters. The summed E-state index contributed by atoms with van der Waals surface area (Å²) < 4.78 is 14.0. The Morgan fingerprint density at radius 1 is 0.414 bits per heavy atom. The van der Waals surface area contributed by atoms with E-state index in [1.807, 2.05) is 6.07 Å². The van der Waals surface area contributed by atoms with Gasteiger partial charge in [-0.05, 0) is 98.2 Å². The fourth-order valence-electron chi connectivity index (χ4n) is 9.61. The first kappa shape index (κ1) is 32.8. The van der Waals surface area contributed by atoms with Crippen molar-refractivity contribution in [2.75, 3.05) is 4.90 Å². The molecule has 0 radical (unpaired) electrons. The van der Waals surface area contributed by atoms with Gasteiger partial charge in [0, 0.05) is 43.9 Å². The summed E-state index contributed by atoms with van der Waals surface area (Å²) in [5, 5.41) is 6.58. The maximum absolute atomic E-state index is 7.33. The first-order valence-electron chi connectivity index (χ1n) is 20.0. The maximum Gasteiger partial charge on any atom is 0.159 e. The van der Waals surface area contributed by atoms with Crippen LogP contribution in [-0.2, 0) is 5.41 Å². The van der Waals surface area contributed by atoms with Crippen molar-refractivity contribution in [3.63, 3.8) is 0 Å². The number of fused-ring (bicyclic) bond motifs is 10. The number of nitrogens with zero attached hydrogens (tertiary/aromatic N) is 1. The Balaban J connectivity index is 1.13. The highest BCUT2D eigenvalue weighted by Crippen LogP contribution is 2.52. The predicted octanol–water partition coefficient (Wildman–Crippen LogP) is 15.7. The van der Waals surface area contributed by atoms with Crippen molar-refractivity contribution < 1.29 is 8.83 Å². The minimum atomic E-state index is -0.151. The van der Waals surface area contributed by atoms with Crippen molar-refractivity contribution in [1.29, 1.82) is 0 Å². The normalized spacial score (nSPS) is 13.1. The number of hydrogen-bond donors (Lipinski definition) is 0. The Kier molecular flexibility index (Phi) is 6.98. The summed E-state index contributed by atoms with van der Waals surface area (Å²) in [5.74, 6) is 0.